The van der Waals surface area contributed by atoms with Gasteiger partial charge in [-0.05, 0) is 60.7 Å². The third-order valence-corrected chi connectivity index (χ3v) is 7.34. The highest BCUT2D eigenvalue weighted by Gasteiger charge is 2.21. The molecule has 0 saturated heterocycles. The Morgan fingerprint density at radius 3 is 2.57 bits per heavy atom. The highest BCUT2D eigenvalue weighted by molar-refractivity contribution is 9.10. The molecule has 0 bridgehead atoms. The van der Waals surface area contributed by atoms with Gasteiger partial charge in [0.05, 0.1) is 18.9 Å². The molecule has 0 unspecified atom stereocenters. The Hall–Kier alpha value is -4.60. The van der Waals surface area contributed by atoms with Crippen molar-refractivity contribution in [2.24, 2.45) is 5.10 Å². The molecule has 0 radical (unpaired) electrons. The lowest BCUT2D eigenvalue weighted by Gasteiger charge is -2.13. The molecule has 5 rings (SSSR count). The van der Waals surface area contributed by atoms with Gasteiger partial charge in [-0.15, -0.1) is 0 Å². The van der Waals surface area contributed by atoms with E-state index in [4.69, 9.17) is 21.1 Å². The summed E-state index contributed by atoms with van der Waals surface area (Å²) in [4.78, 5) is 31.5. The van der Waals surface area contributed by atoms with Crippen LogP contribution in [0.4, 0.5) is 5.69 Å². The number of hydrazone groups is 1. The Bertz CT molecular complexity index is 1830. The molecular formula is C32H26BrClN4O4. The molecule has 1 aromatic heterocycles. The van der Waals surface area contributed by atoms with Crippen LogP contribution < -0.4 is 19.8 Å². The average molecular weight is 646 g/mol. The van der Waals surface area contributed by atoms with Crippen molar-refractivity contribution >= 4 is 62.2 Å². The van der Waals surface area contributed by atoms with Gasteiger partial charge in [0.25, 0.3) is 5.91 Å². The summed E-state index contributed by atoms with van der Waals surface area (Å²) in [6.45, 7) is 0. The number of nitrogens with one attached hydrogen (secondary N) is 2. The molecule has 0 aliphatic heterocycles. The second-order valence-electron chi connectivity index (χ2n) is 9.48. The number of anilines is 1. The third kappa shape index (κ3) is 6.17. The van der Waals surface area contributed by atoms with Crippen LogP contribution >= 0.6 is 27.5 Å². The first-order chi connectivity index (χ1) is 20.2. The maximum atomic E-state index is 13.5. The fourth-order valence-corrected chi connectivity index (χ4v) is 5.02. The predicted molar refractivity (Wildman–Crippen MR) is 170 cm³/mol. The molecular weight excluding hydrogens is 620 g/mol. The molecule has 0 spiro atoms. The van der Waals surface area contributed by atoms with Crippen molar-refractivity contribution in [3.05, 3.63) is 111 Å². The van der Waals surface area contributed by atoms with Gasteiger partial charge >= 0.3 is 5.97 Å². The highest BCUT2D eigenvalue weighted by atomic mass is 79.9. The van der Waals surface area contributed by atoms with Crippen molar-refractivity contribution in [2.75, 3.05) is 26.1 Å². The van der Waals surface area contributed by atoms with Gasteiger partial charge in [0, 0.05) is 56.9 Å². The number of H-pyrrole nitrogens is 1. The summed E-state index contributed by atoms with van der Waals surface area (Å²) in [5.41, 5.74) is 6.85. The molecule has 2 N–H and O–H groups in total. The quantitative estimate of drug-likeness (QED) is 0.0799. The summed E-state index contributed by atoms with van der Waals surface area (Å²) >= 11 is 10.0. The lowest BCUT2D eigenvalue weighted by Crippen LogP contribution is -2.19. The van der Waals surface area contributed by atoms with E-state index in [9.17, 15) is 9.59 Å². The summed E-state index contributed by atoms with van der Waals surface area (Å²) < 4.78 is 11.6. The minimum absolute atomic E-state index is 0.266. The van der Waals surface area contributed by atoms with Crippen LogP contribution in [-0.4, -0.2) is 44.3 Å². The van der Waals surface area contributed by atoms with Crippen LogP contribution in [0, 0.1) is 0 Å². The number of esters is 1. The molecule has 10 heteroatoms. The molecule has 8 nitrogen and oxygen atoms in total. The molecule has 1 heterocycles. The summed E-state index contributed by atoms with van der Waals surface area (Å²) in [6, 6.07) is 25.1. The van der Waals surface area contributed by atoms with Crippen molar-refractivity contribution in [2.45, 2.75) is 0 Å². The summed E-state index contributed by atoms with van der Waals surface area (Å²) in [7, 11) is 5.43. The lowest BCUT2D eigenvalue weighted by molar-refractivity contribution is 0.0733. The van der Waals surface area contributed by atoms with Crippen molar-refractivity contribution in [3.8, 4) is 22.6 Å². The fraction of sp³-hybridized carbons (Fsp3) is 0.0938. The Balaban J connectivity index is 1.44. The van der Waals surface area contributed by atoms with Crippen molar-refractivity contribution in [1.82, 2.24) is 10.4 Å². The van der Waals surface area contributed by atoms with E-state index in [2.05, 4.69) is 31.4 Å². The minimum atomic E-state index is -0.561. The Kier molecular flexibility index (Phi) is 8.61. The lowest BCUT2D eigenvalue weighted by atomic mass is 10.0. The number of carbonyl (C=O) groups is 2. The molecule has 1 amide bonds. The van der Waals surface area contributed by atoms with Crippen molar-refractivity contribution < 1.29 is 19.1 Å². The zero-order chi connectivity index (χ0) is 29.8. The van der Waals surface area contributed by atoms with Crippen LogP contribution in [0.3, 0.4) is 0 Å². The number of benzene rings is 4. The number of hydrogen-bond donors (Lipinski definition) is 2. The number of aromatic amines is 1. The van der Waals surface area contributed by atoms with Crippen molar-refractivity contribution in [3.63, 3.8) is 0 Å². The third-order valence-electron chi connectivity index (χ3n) is 6.52. The Labute approximate surface area is 256 Å². The number of aromatic nitrogens is 1. The van der Waals surface area contributed by atoms with Gasteiger partial charge in [-0.3, -0.25) is 4.79 Å². The minimum Gasteiger partial charge on any atom is -0.497 e. The normalized spacial score (nSPS) is 11.1. The van der Waals surface area contributed by atoms with E-state index in [1.54, 1.807) is 48.5 Å². The standard InChI is InChI=1S/C32H26BrClN4O4/c1-38(2)22-12-13-27-25(17-22)29(24-9-4-5-10-26(24)34)30(36-27)31(39)37-35-18-20-15-21(33)11-14-28(20)42-32(40)19-7-6-8-23(16-19)41-3/h4-18,36H,1-3H3,(H,37,39). The van der Waals surface area contributed by atoms with E-state index in [1.807, 2.05) is 55.4 Å². The van der Waals surface area contributed by atoms with E-state index in [-0.39, 0.29) is 5.75 Å². The Morgan fingerprint density at radius 2 is 1.81 bits per heavy atom. The average Bonchev–Trinajstić information content (AvgIpc) is 3.37. The molecule has 0 atom stereocenters. The van der Waals surface area contributed by atoms with Gasteiger partial charge in [-0.2, -0.15) is 5.10 Å². The SMILES string of the molecule is COc1cccc(C(=O)Oc2ccc(Br)cc2C=NNC(=O)c2[nH]c3ccc(N(C)C)cc3c2-c2ccccc2Cl)c1. The maximum Gasteiger partial charge on any atom is 0.343 e. The van der Waals surface area contributed by atoms with Crippen LogP contribution in [-0.2, 0) is 0 Å². The van der Waals surface area contributed by atoms with Gasteiger partial charge in [0.15, 0.2) is 0 Å². The highest BCUT2D eigenvalue weighted by Crippen LogP contribution is 2.38. The zero-order valence-electron chi connectivity index (χ0n) is 22.9. The monoisotopic (exact) mass is 644 g/mol. The number of hydrogen-bond acceptors (Lipinski definition) is 6. The van der Waals surface area contributed by atoms with E-state index in [1.165, 1.54) is 13.3 Å². The molecule has 212 valence electrons. The van der Waals surface area contributed by atoms with E-state index < -0.39 is 11.9 Å². The van der Waals surface area contributed by atoms with Gasteiger partial charge in [-0.25, -0.2) is 10.2 Å². The van der Waals surface area contributed by atoms with Crippen molar-refractivity contribution in [1.29, 1.82) is 0 Å². The zero-order valence-corrected chi connectivity index (χ0v) is 25.3. The molecule has 0 saturated carbocycles. The maximum absolute atomic E-state index is 13.5. The number of carbonyl (C=O) groups excluding carboxylic acids is 2. The summed E-state index contributed by atoms with van der Waals surface area (Å²) in [5, 5.41) is 5.55. The number of halogens is 2. The number of amides is 1. The van der Waals surface area contributed by atoms with Crippen LogP contribution in [0.15, 0.2) is 94.5 Å². The molecule has 4 aromatic carbocycles. The molecule has 5 aromatic rings. The first-order valence-electron chi connectivity index (χ1n) is 12.8. The molecule has 0 aliphatic rings. The second kappa shape index (κ2) is 12.5. The van der Waals surface area contributed by atoms with E-state index >= 15 is 0 Å². The first kappa shape index (κ1) is 28.9. The number of fused-ring (bicyclic) bond motifs is 1. The number of nitrogens with zero attached hydrogens (tertiary/aromatic N) is 2. The van der Waals surface area contributed by atoms with Gasteiger partial charge < -0.3 is 19.4 Å². The van der Waals surface area contributed by atoms with Gasteiger partial charge in [0.1, 0.15) is 17.2 Å². The van der Waals surface area contributed by atoms with Gasteiger partial charge in [-0.1, -0.05) is 51.8 Å². The van der Waals surface area contributed by atoms with Crippen LogP contribution in [0.1, 0.15) is 26.4 Å². The van der Waals surface area contributed by atoms with E-state index in [0.29, 0.717) is 38.7 Å². The predicted octanol–water partition coefficient (Wildman–Crippen LogP) is 7.31. The number of rotatable bonds is 8. The number of ether oxygens (including phenoxy) is 2. The van der Waals surface area contributed by atoms with Crippen LogP contribution in [0.25, 0.3) is 22.0 Å². The first-order valence-corrected chi connectivity index (χ1v) is 14.0. The van der Waals surface area contributed by atoms with Crippen LogP contribution in [0.5, 0.6) is 11.5 Å². The topological polar surface area (TPSA) is 96.0 Å². The van der Waals surface area contributed by atoms with Crippen LogP contribution in [0.2, 0.25) is 5.02 Å². The fourth-order valence-electron chi connectivity index (χ4n) is 4.41. The smallest absolute Gasteiger partial charge is 0.343 e. The molecule has 0 aliphatic carbocycles. The second-order valence-corrected chi connectivity index (χ2v) is 10.8. The van der Waals surface area contributed by atoms with Gasteiger partial charge in [0.2, 0.25) is 0 Å². The van der Waals surface area contributed by atoms with E-state index in [0.717, 1.165) is 21.1 Å². The summed E-state index contributed by atoms with van der Waals surface area (Å²) in [5.74, 6) is -0.221. The summed E-state index contributed by atoms with van der Waals surface area (Å²) in [6.07, 6.45) is 1.42. The largest absolute Gasteiger partial charge is 0.497 e. The molecule has 0 fully saturated rings. The number of methoxy groups -OCH3 is 1. The Morgan fingerprint density at radius 1 is 1.00 bits per heavy atom. The molecule has 42 heavy (non-hydrogen) atoms.